The van der Waals surface area contributed by atoms with Crippen molar-refractivity contribution >= 4 is 5.91 Å². The first kappa shape index (κ1) is 7.74. The number of carbonyl (C=O) groups is 1. The Hall–Kier alpha value is -1.36. The number of hydrogen-bond donors (Lipinski definition) is 1. The number of imidazole rings is 1. The van der Waals surface area contributed by atoms with E-state index < -0.39 is 0 Å². The second-order valence-corrected chi connectivity index (χ2v) is 1.92. The van der Waals surface area contributed by atoms with E-state index in [-0.39, 0.29) is 11.7 Å². The van der Waals surface area contributed by atoms with Crippen molar-refractivity contribution in [2.24, 2.45) is 0 Å². The van der Waals surface area contributed by atoms with E-state index in [2.05, 4.69) is 14.8 Å². The molecule has 1 amide bonds. The Labute approximate surface area is 63.9 Å². The Morgan fingerprint density at radius 3 is 3.00 bits per heavy atom. The standard InChI is InChI=1S/C6H9N3O2/c1-9(11-2)6(10)5-7-3-4-8-5/h3-4H,1-2H3,(H,7,8). The SMILES string of the molecule is CON(C)C(=O)c1ncc[nH]1. The van der Waals surface area contributed by atoms with Crippen LogP contribution in [0.1, 0.15) is 10.6 Å². The fraction of sp³-hybridized carbons (Fsp3) is 0.333. The normalized spacial score (nSPS) is 9.64. The van der Waals surface area contributed by atoms with Gasteiger partial charge in [-0.1, -0.05) is 0 Å². The molecule has 0 saturated carbocycles. The first-order chi connectivity index (χ1) is 5.25. The van der Waals surface area contributed by atoms with Crippen LogP contribution in [0.25, 0.3) is 0 Å². The van der Waals surface area contributed by atoms with E-state index >= 15 is 0 Å². The average Bonchev–Trinajstić information content (AvgIpc) is 2.53. The van der Waals surface area contributed by atoms with Gasteiger partial charge in [-0.05, 0) is 0 Å². The molecule has 0 aliphatic carbocycles. The first-order valence-electron chi connectivity index (χ1n) is 3.07. The lowest BCUT2D eigenvalue weighted by atomic mass is 10.6. The predicted octanol–water partition coefficient (Wildman–Crippen LogP) is 0.0431. The highest BCUT2D eigenvalue weighted by Gasteiger charge is 2.12. The second-order valence-electron chi connectivity index (χ2n) is 1.92. The molecule has 1 aromatic rings. The van der Waals surface area contributed by atoms with Crippen molar-refractivity contribution in [3.05, 3.63) is 18.2 Å². The Morgan fingerprint density at radius 2 is 2.55 bits per heavy atom. The lowest BCUT2D eigenvalue weighted by molar-refractivity contribution is -0.0763. The number of amides is 1. The minimum absolute atomic E-state index is 0.273. The van der Waals surface area contributed by atoms with Gasteiger partial charge in [-0.2, -0.15) is 0 Å². The summed E-state index contributed by atoms with van der Waals surface area (Å²) in [4.78, 5) is 22.2. The van der Waals surface area contributed by atoms with Crippen molar-refractivity contribution in [1.29, 1.82) is 0 Å². The van der Waals surface area contributed by atoms with Gasteiger partial charge in [-0.3, -0.25) is 9.63 Å². The number of hydrogen-bond acceptors (Lipinski definition) is 3. The van der Waals surface area contributed by atoms with Gasteiger partial charge in [0, 0.05) is 19.4 Å². The molecule has 60 valence electrons. The second kappa shape index (κ2) is 3.16. The summed E-state index contributed by atoms with van der Waals surface area (Å²) in [5.74, 6) is -0.0214. The van der Waals surface area contributed by atoms with Crippen molar-refractivity contribution in [2.45, 2.75) is 0 Å². The molecule has 0 unspecified atom stereocenters. The number of carbonyl (C=O) groups excluding carboxylic acids is 1. The summed E-state index contributed by atoms with van der Waals surface area (Å²) in [5, 5.41) is 1.10. The van der Waals surface area contributed by atoms with E-state index in [4.69, 9.17) is 0 Å². The highest BCUT2D eigenvalue weighted by molar-refractivity contribution is 5.89. The molecule has 0 bridgehead atoms. The quantitative estimate of drug-likeness (QED) is 0.613. The van der Waals surface area contributed by atoms with Gasteiger partial charge in [0.15, 0.2) is 5.82 Å². The van der Waals surface area contributed by atoms with Crippen LogP contribution < -0.4 is 0 Å². The fourth-order valence-corrected chi connectivity index (χ4v) is 0.614. The molecule has 1 N–H and O–H groups in total. The molecular formula is C6H9N3O2. The van der Waals surface area contributed by atoms with E-state index in [0.29, 0.717) is 0 Å². The number of H-pyrrole nitrogens is 1. The molecule has 5 heteroatoms. The van der Waals surface area contributed by atoms with Crippen molar-refractivity contribution < 1.29 is 9.63 Å². The summed E-state index contributed by atoms with van der Waals surface area (Å²) < 4.78 is 0. The highest BCUT2D eigenvalue weighted by atomic mass is 16.7. The summed E-state index contributed by atoms with van der Waals surface area (Å²) in [6.07, 6.45) is 3.09. The van der Waals surface area contributed by atoms with Crippen molar-refractivity contribution in [3.8, 4) is 0 Å². The zero-order valence-corrected chi connectivity index (χ0v) is 6.37. The summed E-state index contributed by atoms with van der Waals surface area (Å²) in [6.45, 7) is 0. The number of aromatic nitrogens is 2. The maximum atomic E-state index is 11.1. The smallest absolute Gasteiger partial charge is 0.312 e. The van der Waals surface area contributed by atoms with Crippen LogP contribution in [-0.2, 0) is 4.84 Å². The van der Waals surface area contributed by atoms with E-state index in [1.807, 2.05) is 0 Å². The van der Waals surface area contributed by atoms with Crippen LogP contribution in [0.3, 0.4) is 0 Å². The Morgan fingerprint density at radius 1 is 1.82 bits per heavy atom. The molecule has 11 heavy (non-hydrogen) atoms. The number of nitrogens with one attached hydrogen (secondary N) is 1. The summed E-state index contributed by atoms with van der Waals surface area (Å²) in [6, 6.07) is 0. The molecule has 0 aromatic carbocycles. The van der Waals surface area contributed by atoms with E-state index in [1.54, 1.807) is 6.20 Å². The molecule has 0 aliphatic rings. The molecule has 1 rings (SSSR count). The van der Waals surface area contributed by atoms with Gasteiger partial charge in [0.25, 0.3) is 0 Å². The Balaban J connectivity index is 2.70. The molecule has 0 aliphatic heterocycles. The average molecular weight is 155 g/mol. The fourth-order valence-electron chi connectivity index (χ4n) is 0.614. The van der Waals surface area contributed by atoms with E-state index in [9.17, 15) is 4.79 Å². The number of rotatable bonds is 2. The number of aromatic amines is 1. The third-order valence-electron chi connectivity index (χ3n) is 1.26. The van der Waals surface area contributed by atoms with E-state index in [1.165, 1.54) is 20.4 Å². The maximum Gasteiger partial charge on any atom is 0.312 e. The van der Waals surface area contributed by atoms with Crippen LogP contribution in [0.4, 0.5) is 0 Å². The zero-order chi connectivity index (χ0) is 8.27. The molecular weight excluding hydrogens is 146 g/mol. The van der Waals surface area contributed by atoms with E-state index in [0.717, 1.165) is 5.06 Å². The van der Waals surface area contributed by atoms with Gasteiger partial charge in [0.2, 0.25) is 0 Å². The molecule has 0 spiro atoms. The lowest BCUT2D eigenvalue weighted by Gasteiger charge is -2.10. The highest BCUT2D eigenvalue weighted by Crippen LogP contribution is 1.94. The molecule has 0 fully saturated rings. The topological polar surface area (TPSA) is 58.2 Å². The van der Waals surface area contributed by atoms with Gasteiger partial charge in [-0.15, -0.1) is 0 Å². The first-order valence-corrected chi connectivity index (χ1v) is 3.07. The monoisotopic (exact) mass is 155 g/mol. The largest absolute Gasteiger partial charge is 0.340 e. The van der Waals surface area contributed by atoms with Crippen LogP contribution in [0, 0.1) is 0 Å². The zero-order valence-electron chi connectivity index (χ0n) is 6.37. The maximum absolute atomic E-state index is 11.1. The third-order valence-corrected chi connectivity index (χ3v) is 1.26. The Bertz CT molecular complexity index is 232. The summed E-state index contributed by atoms with van der Waals surface area (Å²) >= 11 is 0. The van der Waals surface area contributed by atoms with Gasteiger partial charge >= 0.3 is 5.91 Å². The summed E-state index contributed by atoms with van der Waals surface area (Å²) in [5.41, 5.74) is 0. The molecule has 0 atom stereocenters. The van der Waals surface area contributed by atoms with Crippen LogP contribution in [-0.4, -0.2) is 35.1 Å². The Kier molecular flexibility index (Phi) is 2.22. The number of nitrogens with zero attached hydrogens (tertiary/aromatic N) is 2. The molecule has 1 heterocycles. The van der Waals surface area contributed by atoms with Crippen molar-refractivity contribution in [3.63, 3.8) is 0 Å². The van der Waals surface area contributed by atoms with Crippen LogP contribution >= 0.6 is 0 Å². The van der Waals surface area contributed by atoms with Crippen LogP contribution in [0.2, 0.25) is 0 Å². The van der Waals surface area contributed by atoms with Crippen LogP contribution in [0.5, 0.6) is 0 Å². The number of hydroxylamine groups is 2. The third kappa shape index (κ3) is 1.56. The molecule has 1 aromatic heterocycles. The molecule has 0 radical (unpaired) electrons. The van der Waals surface area contributed by atoms with Crippen molar-refractivity contribution in [2.75, 3.05) is 14.2 Å². The lowest BCUT2D eigenvalue weighted by Crippen LogP contribution is -2.26. The van der Waals surface area contributed by atoms with Crippen LogP contribution in [0.15, 0.2) is 12.4 Å². The molecule has 5 nitrogen and oxygen atoms in total. The van der Waals surface area contributed by atoms with Gasteiger partial charge < -0.3 is 4.98 Å². The summed E-state index contributed by atoms with van der Waals surface area (Å²) in [7, 11) is 2.94. The van der Waals surface area contributed by atoms with Crippen molar-refractivity contribution in [1.82, 2.24) is 15.0 Å². The molecule has 0 saturated heterocycles. The van der Waals surface area contributed by atoms with Gasteiger partial charge in [-0.25, -0.2) is 10.0 Å². The predicted molar refractivity (Wildman–Crippen MR) is 37.7 cm³/mol. The van der Waals surface area contributed by atoms with Gasteiger partial charge in [0.1, 0.15) is 0 Å². The minimum Gasteiger partial charge on any atom is -0.340 e. The minimum atomic E-state index is -0.294. The van der Waals surface area contributed by atoms with Gasteiger partial charge in [0.05, 0.1) is 7.11 Å².